The van der Waals surface area contributed by atoms with Gasteiger partial charge in [-0.05, 0) is 57.0 Å². The number of hydrogen-bond acceptors (Lipinski definition) is 4. The zero-order valence-electron chi connectivity index (χ0n) is 15.8. The molecule has 0 radical (unpaired) electrons. The van der Waals surface area contributed by atoms with Gasteiger partial charge in [0.05, 0.1) is 5.69 Å². The average Bonchev–Trinajstić information content (AvgIpc) is 3.24. The maximum absolute atomic E-state index is 12.7. The van der Waals surface area contributed by atoms with Crippen molar-refractivity contribution in [3.05, 3.63) is 27.6 Å². The Morgan fingerprint density at radius 3 is 3.12 bits per heavy atom. The molecule has 3 heterocycles. The van der Waals surface area contributed by atoms with Crippen molar-refractivity contribution in [2.24, 2.45) is 7.05 Å². The van der Waals surface area contributed by atoms with E-state index in [-0.39, 0.29) is 5.91 Å². The minimum atomic E-state index is -0.0211. The number of nitrogens with zero attached hydrogens (tertiary/aromatic N) is 3. The molecule has 6 heteroatoms. The first kappa shape index (κ1) is 17.7. The van der Waals surface area contributed by atoms with Crippen molar-refractivity contribution in [1.82, 2.24) is 20.0 Å². The highest BCUT2D eigenvalue weighted by Gasteiger charge is 2.27. The van der Waals surface area contributed by atoms with E-state index in [0.29, 0.717) is 11.7 Å². The van der Waals surface area contributed by atoms with E-state index >= 15 is 0 Å². The van der Waals surface area contributed by atoms with E-state index in [4.69, 9.17) is 0 Å². The van der Waals surface area contributed by atoms with Gasteiger partial charge >= 0.3 is 0 Å². The summed E-state index contributed by atoms with van der Waals surface area (Å²) in [5.74, 6) is -0.0211. The van der Waals surface area contributed by atoms with Crippen molar-refractivity contribution >= 4 is 17.2 Å². The number of aryl methyl sites for hydroxylation is 2. The van der Waals surface area contributed by atoms with E-state index in [0.717, 1.165) is 43.6 Å². The van der Waals surface area contributed by atoms with Crippen LogP contribution in [0.1, 0.15) is 53.5 Å². The molecule has 0 aromatic carbocycles. The van der Waals surface area contributed by atoms with Crippen LogP contribution in [0.4, 0.5) is 0 Å². The monoisotopic (exact) mass is 372 g/mol. The first-order valence-corrected chi connectivity index (χ1v) is 10.7. The molecule has 2 aliphatic rings. The van der Waals surface area contributed by atoms with E-state index in [1.54, 1.807) is 11.3 Å². The molecular formula is C20H28N4OS. The second kappa shape index (κ2) is 7.53. The number of carbonyl (C=O) groups is 1. The van der Waals surface area contributed by atoms with Gasteiger partial charge in [0.15, 0.2) is 5.69 Å². The number of likely N-dealkylation sites (tertiary alicyclic amines) is 1. The summed E-state index contributed by atoms with van der Waals surface area (Å²) >= 11 is 1.80. The largest absolute Gasteiger partial charge is 0.351 e. The SMILES string of the molecule is C[C@H]1CCCCN1CCCNC(=O)c1nn(C)c2c1CCc1sccc1-2. The Bertz CT molecular complexity index is 794. The summed E-state index contributed by atoms with van der Waals surface area (Å²) in [6.07, 6.45) is 6.88. The molecule has 1 saturated heterocycles. The number of nitrogens with one attached hydrogen (secondary N) is 1. The van der Waals surface area contributed by atoms with E-state index < -0.39 is 0 Å². The molecule has 0 saturated carbocycles. The fourth-order valence-corrected chi connectivity index (χ4v) is 5.25. The van der Waals surface area contributed by atoms with Gasteiger partial charge in [0.2, 0.25) is 0 Å². The number of aromatic nitrogens is 2. The first-order valence-electron chi connectivity index (χ1n) is 9.80. The molecule has 140 valence electrons. The summed E-state index contributed by atoms with van der Waals surface area (Å²) in [5.41, 5.74) is 4.11. The van der Waals surface area contributed by atoms with Crippen LogP contribution in [-0.4, -0.2) is 46.3 Å². The Morgan fingerprint density at radius 2 is 2.27 bits per heavy atom. The molecule has 1 N–H and O–H groups in total. The second-order valence-corrected chi connectivity index (χ2v) is 8.55. The fraction of sp³-hybridized carbons (Fsp3) is 0.600. The van der Waals surface area contributed by atoms with E-state index in [9.17, 15) is 4.79 Å². The zero-order valence-corrected chi connectivity index (χ0v) is 16.6. The molecule has 0 bridgehead atoms. The van der Waals surface area contributed by atoms with Crippen molar-refractivity contribution in [2.45, 2.75) is 51.5 Å². The molecule has 1 fully saturated rings. The molecule has 0 spiro atoms. The quantitative estimate of drug-likeness (QED) is 0.820. The number of fused-ring (bicyclic) bond motifs is 3. The average molecular weight is 373 g/mol. The molecule has 2 aromatic heterocycles. The highest BCUT2D eigenvalue weighted by molar-refractivity contribution is 7.10. The van der Waals surface area contributed by atoms with Gasteiger partial charge in [-0.1, -0.05) is 6.42 Å². The molecule has 5 nitrogen and oxygen atoms in total. The van der Waals surface area contributed by atoms with Crippen molar-refractivity contribution in [2.75, 3.05) is 19.6 Å². The molecular weight excluding hydrogens is 344 g/mol. The number of amides is 1. The summed E-state index contributed by atoms with van der Waals surface area (Å²) in [4.78, 5) is 16.7. The molecule has 1 amide bonds. The summed E-state index contributed by atoms with van der Waals surface area (Å²) < 4.78 is 1.88. The molecule has 2 aromatic rings. The van der Waals surface area contributed by atoms with Crippen LogP contribution in [0.5, 0.6) is 0 Å². The summed E-state index contributed by atoms with van der Waals surface area (Å²) in [7, 11) is 1.94. The van der Waals surface area contributed by atoms with E-state index in [2.05, 4.69) is 33.7 Å². The van der Waals surface area contributed by atoms with Gasteiger partial charge in [-0.3, -0.25) is 9.48 Å². The van der Waals surface area contributed by atoms with Crippen LogP contribution in [0.3, 0.4) is 0 Å². The third kappa shape index (κ3) is 3.32. The lowest BCUT2D eigenvalue weighted by Crippen LogP contribution is -2.39. The van der Waals surface area contributed by atoms with Crippen LogP contribution in [0, 0.1) is 0 Å². The van der Waals surface area contributed by atoms with Crippen LogP contribution < -0.4 is 5.32 Å². The molecule has 4 rings (SSSR count). The number of piperidine rings is 1. The van der Waals surface area contributed by atoms with Gasteiger partial charge < -0.3 is 10.2 Å². The predicted octanol–water partition coefficient (Wildman–Crippen LogP) is 3.24. The van der Waals surface area contributed by atoms with Gasteiger partial charge in [-0.15, -0.1) is 11.3 Å². The second-order valence-electron chi connectivity index (χ2n) is 7.55. The van der Waals surface area contributed by atoms with Crippen LogP contribution in [0.25, 0.3) is 11.3 Å². The molecule has 0 unspecified atom stereocenters. The number of rotatable bonds is 5. The summed E-state index contributed by atoms with van der Waals surface area (Å²) in [6, 6.07) is 2.84. The minimum absolute atomic E-state index is 0.0211. The molecule has 1 aliphatic heterocycles. The van der Waals surface area contributed by atoms with Crippen molar-refractivity contribution < 1.29 is 4.79 Å². The van der Waals surface area contributed by atoms with Crippen molar-refractivity contribution in [1.29, 1.82) is 0 Å². The Balaban J connectivity index is 1.37. The fourth-order valence-electron chi connectivity index (χ4n) is 4.37. The third-order valence-corrected chi connectivity index (χ3v) is 6.79. The van der Waals surface area contributed by atoms with Crippen molar-refractivity contribution in [3.63, 3.8) is 0 Å². The minimum Gasteiger partial charge on any atom is -0.351 e. The molecule has 1 aliphatic carbocycles. The molecule has 26 heavy (non-hydrogen) atoms. The Kier molecular flexibility index (Phi) is 5.14. The predicted molar refractivity (Wildman–Crippen MR) is 106 cm³/mol. The standard InChI is InChI=1S/C20H28N4OS/c1-14-6-3-4-11-24(14)12-5-10-21-20(25)18-16-7-8-17-15(9-13-26-17)19(16)23(2)22-18/h9,13-14H,3-8,10-12H2,1-2H3,(H,21,25)/t14-/m0/s1. The van der Waals surface area contributed by atoms with E-state index in [1.807, 2.05) is 11.7 Å². The lowest BCUT2D eigenvalue weighted by atomic mass is 9.94. The van der Waals surface area contributed by atoms with Gasteiger partial charge in [0.25, 0.3) is 5.91 Å². The number of thiophene rings is 1. The van der Waals surface area contributed by atoms with Crippen LogP contribution in [0.15, 0.2) is 11.4 Å². The third-order valence-electron chi connectivity index (χ3n) is 5.81. The maximum Gasteiger partial charge on any atom is 0.272 e. The number of hydrogen-bond donors (Lipinski definition) is 1. The van der Waals surface area contributed by atoms with Crippen LogP contribution in [-0.2, 0) is 19.9 Å². The van der Waals surface area contributed by atoms with Gasteiger partial charge in [0, 0.05) is 42.2 Å². The Hall–Kier alpha value is -1.66. The summed E-state index contributed by atoms with van der Waals surface area (Å²) in [5, 5.41) is 9.78. The lowest BCUT2D eigenvalue weighted by molar-refractivity contribution is 0.0942. The van der Waals surface area contributed by atoms with E-state index in [1.165, 1.54) is 36.2 Å². The van der Waals surface area contributed by atoms with Gasteiger partial charge in [0.1, 0.15) is 0 Å². The smallest absolute Gasteiger partial charge is 0.272 e. The van der Waals surface area contributed by atoms with Gasteiger partial charge in [-0.25, -0.2) is 0 Å². The lowest BCUT2D eigenvalue weighted by Gasteiger charge is -2.33. The number of carbonyl (C=O) groups excluding carboxylic acids is 1. The Morgan fingerprint density at radius 1 is 1.38 bits per heavy atom. The molecule has 1 atom stereocenters. The van der Waals surface area contributed by atoms with Crippen LogP contribution in [0.2, 0.25) is 0 Å². The first-order chi connectivity index (χ1) is 12.6. The zero-order chi connectivity index (χ0) is 18.1. The highest BCUT2D eigenvalue weighted by Crippen LogP contribution is 2.37. The van der Waals surface area contributed by atoms with Gasteiger partial charge in [-0.2, -0.15) is 5.10 Å². The van der Waals surface area contributed by atoms with Crippen LogP contribution >= 0.6 is 11.3 Å². The summed E-state index contributed by atoms with van der Waals surface area (Å²) in [6.45, 7) is 5.31. The van der Waals surface area contributed by atoms with Crippen molar-refractivity contribution in [3.8, 4) is 11.3 Å². The maximum atomic E-state index is 12.7. The topological polar surface area (TPSA) is 50.2 Å². The Labute approximate surface area is 159 Å². The normalized spacial score (nSPS) is 19.8. The highest BCUT2D eigenvalue weighted by atomic mass is 32.1.